The minimum atomic E-state index is -0.667. The lowest BCUT2D eigenvalue weighted by atomic mass is 9.91. The first-order valence-corrected chi connectivity index (χ1v) is 8.20. The van der Waals surface area contributed by atoms with Gasteiger partial charge in [0.1, 0.15) is 11.5 Å². The summed E-state index contributed by atoms with van der Waals surface area (Å²) in [4.78, 5) is 16.4. The quantitative estimate of drug-likeness (QED) is 0.671. The molecule has 0 spiro atoms. The van der Waals surface area contributed by atoms with E-state index in [0.717, 1.165) is 5.56 Å². The van der Waals surface area contributed by atoms with E-state index in [2.05, 4.69) is 4.98 Å². The summed E-state index contributed by atoms with van der Waals surface area (Å²) in [7, 11) is 1.30. The Labute approximate surface area is 150 Å². The maximum absolute atomic E-state index is 12.1. The molecule has 1 atom stereocenters. The standard InChI is InChI=1S/C20H19NO5/c1-3-14(20(24)25-2)15-9-13(22)10-16(23)18(15)19-21-11-17(26-19)12-7-5-4-6-8-12/h4-11,14,22-23H,3H2,1-2H3. The Morgan fingerprint density at radius 2 is 1.96 bits per heavy atom. The summed E-state index contributed by atoms with van der Waals surface area (Å²) in [5.41, 5.74) is 1.51. The molecule has 6 nitrogen and oxygen atoms in total. The van der Waals surface area contributed by atoms with Gasteiger partial charge in [-0.1, -0.05) is 37.3 Å². The van der Waals surface area contributed by atoms with Gasteiger partial charge in [0.05, 0.1) is 24.8 Å². The number of carbonyl (C=O) groups is 1. The van der Waals surface area contributed by atoms with Crippen molar-refractivity contribution in [2.24, 2.45) is 0 Å². The summed E-state index contributed by atoms with van der Waals surface area (Å²) < 4.78 is 10.7. The van der Waals surface area contributed by atoms with Crippen LogP contribution in [-0.4, -0.2) is 28.3 Å². The lowest BCUT2D eigenvalue weighted by Gasteiger charge is -2.17. The molecule has 134 valence electrons. The third-order valence-electron chi connectivity index (χ3n) is 4.18. The third kappa shape index (κ3) is 3.26. The predicted octanol–water partition coefficient (Wildman–Crippen LogP) is 4.09. The molecule has 3 aromatic rings. The highest BCUT2D eigenvalue weighted by molar-refractivity contribution is 5.83. The zero-order valence-corrected chi connectivity index (χ0v) is 14.5. The summed E-state index contributed by atoms with van der Waals surface area (Å²) in [5, 5.41) is 20.3. The number of carbonyl (C=O) groups excluding carboxylic acids is 1. The van der Waals surface area contributed by atoms with Crippen LogP contribution >= 0.6 is 0 Å². The number of phenolic OH excluding ortho intramolecular Hbond substituents is 2. The van der Waals surface area contributed by atoms with E-state index in [0.29, 0.717) is 17.7 Å². The largest absolute Gasteiger partial charge is 0.508 e. The average Bonchev–Trinajstić information content (AvgIpc) is 3.12. The fourth-order valence-corrected chi connectivity index (χ4v) is 2.92. The molecule has 1 unspecified atom stereocenters. The van der Waals surface area contributed by atoms with Crippen molar-refractivity contribution in [1.29, 1.82) is 0 Å². The fraction of sp³-hybridized carbons (Fsp3) is 0.200. The molecule has 0 aliphatic heterocycles. The molecular weight excluding hydrogens is 334 g/mol. The Morgan fingerprint density at radius 3 is 2.62 bits per heavy atom. The Kier molecular flexibility index (Phi) is 4.93. The van der Waals surface area contributed by atoms with Crippen LogP contribution in [0.2, 0.25) is 0 Å². The second-order valence-electron chi connectivity index (χ2n) is 5.81. The lowest BCUT2D eigenvalue weighted by molar-refractivity contribution is -0.142. The van der Waals surface area contributed by atoms with Gasteiger partial charge in [-0.3, -0.25) is 4.79 Å². The first-order valence-electron chi connectivity index (χ1n) is 8.20. The van der Waals surface area contributed by atoms with Gasteiger partial charge in [-0.05, 0) is 18.1 Å². The SMILES string of the molecule is CCC(C(=O)OC)c1cc(O)cc(O)c1-c1ncc(-c2ccccc2)o1. The van der Waals surface area contributed by atoms with Crippen LogP contribution in [0.25, 0.3) is 22.8 Å². The molecule has 0 bridgehead atoms. The van der Waals surface area contributed by atoms with Gasteiger partial charge >= 0.3 is 5.97 Å². The first-order chi connectivity index (χ1) is 12.5. The van der Waals surface area contributed by atoms with Gasteiger partial charge in [0, 0.05) is 11.6 Å². The molecule has 26 heavy (non-hydrogen) atoms. The van der Waals surface area contributed by atoms with Gasteiger partial charge < -0.3 is 19.4 Å². The zero-order valence-electron chi connectivity index (χ0n) is 14.5. The van der Waals surface area contributed by atoms with Crippen molar-refractivity contribution in [3.05, 3.63) is 54.2 Å². The number of benzene rings is 2. The van der Waals surface area contributed by atoms with Crippen molar-refractivity contribution in [1.82, 2.24) is 4.98 Å². The lowest BCUT2D eigenvalue weighted by Crippen LogP contribution is -2.14. The highest BCUT2D eigenvalue weighted by Gasteiger charge is 2.28. The van der Waals surface area contributed by atoms with Gasteiger partial charge in [0.25, 0.3) is 0 Å². The second-order valence-corrected chi connectivity index (χ2v) is 5.81. The summed E-state index contributed by atoms with van der Waals surface area (Å²) in [6, 6.07) is 12.0. The smallest absolute Gasteiger partial charge is 0.313 e. The maximum Gasteiger partial charge on any atom is 0.313 e. The van der Waals surface area contributed by atoms with E-state index < -0.39 is 11.9 Å². The topological polar surface area (TPSA) is 92.8 Å². The third-order valence-corrected chi connectivity index (χ3v) is 4.18. The summed E-state index contributed by atoms with van der Waals surface area (Å²) in [5.74, 6) is -0.806. The minimum Gasteiger partial charge on any atom is -0.508 e. The van der Waals surface area contributed by atoms with Gasteiger partial charge in [-0.25, -0.2) is 4.98 Å². The summed E-state index contributed by atoms with van der Waals surface area (Å²) >= 11 is 0. The van der Waals surface area contributed by atoms with Crippen LogP contribution < -0.4 is 0 Å². The number of methoxy groups -OCH3 is 1. The summed E-state index contributed by atoms with van der Waals surface area (Å²) in [6.07, 6.45) is 1.98. The molecule has 0 aliphatic rings. The van der Waals surface area contributed by atoms with Crippen LogP contribution in [0.1, 0.15) is 24.8 Å². The molecule has 0 radical (unpaired) electrons. The predicted molar refractivity (Wildman–Crippen MR) is 95.8 cm³/mol. The molecule has 0 fully saturated rings. The summed E-state index contributed by atoms with van der Waals surface area (Å²) in [6.45, 7) is 1.82. The molecule has 1 aromatic heterocycles. The van der Waals surface area contributed by atoms with E-state index in [1.165, 1.54) is 19.2 Å². The molecule has 0 saturated carbocycles. The van der Waals surface area contributed by atoms with Crippen molar-refractivity contribution < 1.29 is 24.2 Å². The van der Waals surface area contributed by atoms with E-state index in [1.807, 2.05) is 37.3 Å². The molecule has 2 aromatic carbocycles. The van der Waals surface area contributed by atoms with E-state index in [1.54, 1.807) is 6.20 Å². The first kappa shape index (κ1) is 17.5. The van der Waals surface area contributed by atoms with Crippen LogP contribution in [0.15, 0.2) is 53.1 Å². The normalized spacial score (nSPS) is 11.9. The monoisotopic (exact) mass is 353 g/mol. The van der Waals surface area contributed by atoms with Crippen LogP contribution in [0.5, 0.6) is 11.5 Å². The Bertz CT molecular complexity index is 917. The van der Waals surface area contributed by atoms with Crippen molar-refractivity contribution in [3.63, 3.8) is 0 Å². The van der Waals surface area contributed by atoms with Crippen molar-refractivity contribution in [2.45, 2.75) is 19.3 Å². The zero-order chi connectivity index (χ0) is 18.7. The van der Waals surface area contributed by atoms with Gasteiger partial charge in [0.15, 0.2) is 5.76 Å². The molecule has 2 N–H and O–H groups in total. The Morgan fingerprint density at radius 1 is 1.23 bits per heavy atom. The molecule has 0 saturated heterocycles. The molecule has 0 amide bonds. The minimum absolute atomic E-state index is 0.154. The van der Waals surface area contributed by atoms with Crippen LogP contribution in [0.3, 0.4) is 0 Å². The number of rotatable bonds is 5. The van der Waals surface area contributed by atoms with Crippen LogP contribution in [0.4, 0.5) is 0 Å². The molecule has 3 rings (SSSR count). The van der Waals surface area contributed by atoms with E-state index in [4.69, 9.17) is 9.15 Å². The molecule has 1 heterocycles. The number of esters is 1. The van der Waals surface area contributed by atoms with Gasteiger partial charge in [0.2, 0.25) is 5.89 Å². The number of hydrogen-bond acceptors (Lipinski definition) is 6. The number of aromatic nitrogens is 1. The fourth-order valence-electron chi connectivity index (χ4n) is 2.92. The van der Waals surface area contributed by atoms with Gasteiger partial charge in [-0.15, -0.1) is 0 Å². The van der Waals surface area contributed by atoms with Gasteiger partial charge in [-0.2, -0.15) is 0 Å². The molecular formula is C20H19NO5. The second kappa shape index (κ2) is 7.31. The number of oxazole rings is 1. The Hall–Kier alpha value is -3.28. The van der Waals surface area contributed by atoms with E-state index in [-0.39, 0.29) is 23.0 Å². The number of ether oxygens (including phenoxy) is 1. The maximum atomic E-state index is 12.1. The number of nitrogens with zero attached hydrogens (tertiary/aromatic N) is 1. The number of phenols is 2. The van der Waals surface area contributed by atoms with Crippen molar-refractivity contribution >= 4 is 5.97 Å². The van der Waals surface area contributed by atoms with E-state index in [9.17, 15) is 15.0 Å². The average molecular weight is 353 g/mol. The Balaban J connectivity index is 2.13. The van der Waals surface area contributed by atoms with Crippen LogP contribution in [-0.2, 0) is 9.53 Å². The molecule has 6 heteroatoms. The highest BCUT2D eigenvalue weighted by atomic mass is 16.5. The number of hydrogen-bond donors (Lipinski definition) is 2. The molecule has 0 aliphatic carbocycles. The van der Waals surface area contributed by atoms with Crippen molar-refractivity contribution in [2.75, 3.05) is 7.11 Å². The van der Waals surface area contributed by atoms with Crippen LogP contribution in [0, 0.1) is 0 Å². The van der Waals surface area contributed by atoms with E-state index >= 15 is 0 Å². The number of aromatic hydroxyl groups is 2. The highest BCUT2D eigenvalue weighted by Crippen LogP contribution is 2.41. The van der Waals surface area contributed by atoms with Crippen molar-refractivity contribution in [3.8, 4) is 34.3 Å².